The summed E-state index contributed by atoms with van der Waals surface area (Å²) in [5.41, 5.74) is 0.450. The molecule has 0 amide bonds. The molecule has 0 fully saturated rings. The molecule has 4 nitrogen and oxygen atoms in total. The molecule has 0 aliphatic carbocycles. The van der Waals surface area contributed by atoms with Crippen molar-refractivity contribution in [2.45, 2.75) is 5.16 Å². The number of benzene rings is 1. The molecule has 0 N–H and O–H groups in total. The van der Waals surface area contributed by atoms with E-state index >= 15 is 0 Å². The van der Waals surface area contributed by atoms with Crippen molar-refractivity contribution in [1.82, 2.24) is 14.8 Å². The van der Waals surface area contributed by atoms with Gasteiger partial charge in [0.1, 0.15) is 12.1 Å². The zero-order valence-electron chi connectivity index (χ0n) is 9.58. The summed E-state index contributed by atoms with van der Waals surface area (Å²) < 4.78 is 14.4. The highest BCUT2D eigenvalue weighted by Gasteiger charge is 2.02. The van der Waals surface area contributed by atoms with Crippen molar-refractivity contribution in [3.63, 3.8) is 0 Å². The fraction of sp³-hybridized carbons (Fsp3) is 0.0833. The number of carbonyl (C=O) groups excluding carboxylic acids is 1. The third-order valence-electron chi connectivity index (χ3n) is 2.19. The zero-order chi connectivity index (χ0) is 13.0. The lowest BCUT2D eigenvalue weighted by atomic mass is 10.1. The summed E-state index contributed by atoms with van der Waals surface area (Å²) in [6.07, 6.45) is 3.00. The molecule has 0 atom stereocenters. The normalized spacial score (nSPS) is 11.0. The van der Waals surface area contributed by atoms with E-state index in [0.29, 0.717) is 10.7 Å². The summed E-state index contributed by atoms with van der Waals surface area (Å²) in [4.78, 5) is 11.7. The Hall–Kier alpha value is -1.95. The Bertz CT molecular complexity index is 577. The van der Waals surface area contributed by atoms with E-state index < -0.39 is 0 Å². The smallest absolute Gasteiger partial charge is 0.194 e. The molecule has 0 aliphatic heterocycles. The van der Waals surface area contributed by atoms with Gasteiger partial charge in [0.05, 0.1) is 0 Å². The number of thioether (sulfide) groups is 1. The SMILES string of the molecule is Cn1cnnc1SC=CC(=O)c1ccc(F)cc1. The van der Waals surface area contributed by atoms with Crippen molar-refractivity contribution in [3.8, 4) is 0 Å². The van der Waals surface area contributed by atoms with E-state index in [0.717, 1.165) is 0 Å². The van der Waals surface area contributed by atoms with Crippen LogP contribution >= 0.6 is 11.8 Å². The Morgan fingerprint density at radius 3 is 2.72 bits per heavy atom. The Labute approximate surface area is 108 Å². The van der Waals surface area contributed by atoms with Crippen molar-refractivity contribution in [2.24, 2.45) is 7.05 Å². The number of aryl methyl sites for hydroxylation is 1. The van der Waals surface area contributed by atoms with Crippen molar-refractivity contribution < 1.29 is 9.18 Å². The van der Waals surface area contributed by atoms with Gasteiger partial charge < -0.3 is 4.57 Å². The summed E-state index contributed by atoms with van der Waals surface area (Å²) in [5.74, 6) is -0.534. The molecule has 2 aromatic rings. The van der Waals surface area contributed by atoms with Crippen LogP contribution in [0.3, 0.4) is 0 Å². The van der Waals surface area contributed by atoms with Crippen molar-refractivity contribution in [2.75, 3.05) is 0 Å². The van der Waals surface area contributed by atoms with Crippen LogP contribution in [0, 0.1) is 5.82 Å². The summed E-state index contributed by atoms with van der Waals surface area (Å²) in [5, 5.41) is 9.91. The maximum Gasteiger partial charge on any atom is 0.194 e. The fourth-order valence-electron chi connectivity index (χ4n) is 1.25. The molecule has 0 bridgehead atoms. The minimum Gasteiger partial charge on any atom is -0.312 e. The molecule has 1 aromatic carbocycles. The van der Waals surface area contributed by atoms with E-state index in [-0.39, 0.29) is 11.6 Å². The Balaban J connectivity index is 1.99. The maximum absolute atomic E-state index is 12.7. The number of hydrogen-bond acceptors (Lipinski definition) is 4. The standard InChI is InChI=1S/C12H10FN3OS/c1-16-8-14-15-12(16)18-7-6-11(17)9-2-4-10(13)5-3-9/h2-8H,1H3. The Morgan fingerprint density at radius 2 is 2.11 bits per heavy atom. The zero-order valence-corrected chi connectivity index (χ0v) is 10.4. The number of hydrogen-bond donors (Lipinski definition) is 0. The molecule has 0 saturated carbocycles. The lowest BCUT2D eigenvalue weighted by Crippen LogP contribution is -1.93. The largest absolute Gasteiger partial charge is 0.312 e. The first kappa shape index (κ1) is 12.5. The fourth-order valence-corrected chi connectivity index (χ4v) is 1.87. The van der Waals surface area contributed by atoms with E-state index in [1.165, 1.54) is 42.1 Å². The van der Waals surface area contributed by atoms with Gasteiger partial charge in [-0.05, 0) is 35.7 Å². The third kappa shape index (κ3) is 3.04. The first-order valence-corrected chi connectivity index (χ1v) is 6.02. The van der Waals surface area contributed by atoms with Crippen LogP contribution < -0.4 is 0 Å². The van der Waals surface area contributed by atoms with E-state index in [4.69, 9.17) is 0 Å². The molecule has 0 aliphatic rings. The van der Waals surface area contributed by atoms with Crippen LogP contribution in [0.25, 0.3) is 0 Å². The second kappa shape index (κ2) is 5.59. The predicted molar refractivity (Wildman–Crippen MR) is 66.7 cm³/mol. The second-order valence-electron chi connectivity index (χ2n) is 3.52. The number of nitrogens with zero attached hydrogens (tertiary/aromatic N) is 3. The van der Waals surface area contributed by atoms with E-state index in [1.54, 1.807) is 16.3 Å². The summed E-state index contributed by atoms with van der Waals surface area (Å²) in [6, 6.07) is 5.43. The van der Waals surface area contributed by atoms with Crippen molar-refractivity contribution in [1.29, 1.82) is 0 Å². The molecular formula is C12H10FN3OS. The van der Waals surface area contributed by atoms with E-state index in [1.807, 2.05) is 7.05 Å². The van der Waals surface area contributed by atoms with Crippen LogP contribution in [0.5, 0.6) is 0 Å². The van der Waals surface area contributed by atoms with Crippen LogP contribution in [0.15, 0.2) is 47.2 Å². The van der Waals surface area contributed by atoms with Gasteiger partial charge in [0.2, 0.25) is 0 Å². The molecule has 6 heteroatoms. The molecule has 1 heterocycles. The molecule has 0 spiro atoms. The van der Waals surface area contributed by atoms with Crippen LogP contribution in [0.2, 0.25) is 0 Å². The van der Waals surface area contributed by atoms with Crippen molar-refractivity contribution >= 4 is 17.5 Å². The molecule has 92 valence electrons. The first-order chi connectivity index (χ1) is 8.66. The van der Waals surface area contributed by atoms with Gasteiger partial charge in [-0.25, -0.2) is 4.39 Å². The van der Waals surface area contributed by atoms with Crippen LogP contribution in [0.4, 0.5) is 4.39 Å². The van der Waals surface area contributed by atoms with Crippen LogP contribution in [-0.4, -0.2) is 20.5 Å². The first-order valence-electron chi connectivity index (χ1n) is 5.14. The quantitative estimate of drug-likeness (QED) is 0.483. The lowest BCUT2D eigenvalue weighted by Gasteiger charge is -1.95. The number of aromatic nitrogens is 3. The van der Waals surface area contributed by atoms with E-state index in [2.05, 4.69) is 10.2 Å². The average molecular weight is 263 g/mol. The minimum absolute atomic E-state index is 0.176. The summed E-state index contributed by atoms with van der Waals surface area (Å²) in [6.45, 7) is 0. The average Bonchev–Trinajstić information content (AvgIpc) is 2.76. The molecule has 0 unspecified atom stereocenters. The lowest BCUT2D eigenvalue weighted by molar-refractivity contribution is 0.104. The monoisotopic (exact) mass is 263 g/mol. The van der Waals surface area contributed by atoms with Gasteiger partial charge in [0.25, 0.3) is 0 Å². The highest BCUT2D eigenvalue weighted by atomic mass is 32.2. The highest BCUT2D eigenvalue weighted by molar-refractivity contribution is 8.02. The van der Waals surface area contributed by atoms with Crippen molar-refractivity contribution in [3.05, 3.63) is 53.5 Å². The van der Waals surface area contributed by atoms with Crippen LogP contribution in [-0.2, 0) is 7.05 Å². The van der Waals surface area contributed by atoms with Gasteiger partial charge in [0.15, 0.2) is 10.9 Å². The maximum atomic E-state index is 12.7. The molecule has 0 saturated heterocycles. The Kier molecular flexibility index (Phi) is 3.88. The summed E-state index contributed by atoms with van der Waals surface area (Å²) >= 11 is 1.29. The molecular weight excluding hydrogens is 253 g/mol. The molecule has 0 radical (unpaired) electrons. The van der Waals surface area contributed by atoms with Crippen LogP contribution in [0.1, 0.15) is 10.4 Å². The third-order valence-corrected chi connectivity index (χ3v) is 3.04. The van der Waals surface area contributed by atoms with Gasteiger partial charge >= 0.3 is 0 Å². The number of halogens is 1. The number of ketones is 1. The number of allylic oxidation sites excluding steroid dienone is 1. The van der Waals surface area contributed by atoms with E-state index in [9.17, 15) is 9.18 Å². The number of carbonyl (C=O) groups is 1. The highest BCUT2D eigenvalue weighted by Crippen LogP contribution is 2.15. The Morgan fingerprint density at radius 1 is 1.39 bits per heavy atom. The summed E-state index contributed by atoms with van der Waals surface area (Å²) in [7, 11) is 1.82. The van der Waals surface area contributed by atoms with Gasteiger partial charge in [-0.3, -0.25) is 4.79 Å². The molecule has 2 rings (SSSR count). The molecule has 1 aromatic heterocycles. The van der Waals surface area contributed by atoms with Gasteiger partial charge in [0, 0.05) is 12.6 Å². The second-order valence-corrected chi connectivity index (χ2v) is 4.39. The topological polar surface area (TPSA) is 47.8 Å². The van der Waals surface area contributed by atoms with Gasteiger partial charge in [-0.2, -0.15) is 0 Å². The minimum atomic E-state index is -0.357. The predicted octanol–water partition coefficient (Wildman–Crippen LogP) is 2.44. The number of rotatable bonds is 4. The molecule has 18 heavy (non-hydrogen) atoms. The van der Waals surface area contributed by atoms with Gasteiger partial charge in [-0.1, -0.05) is 11.8 Å². The van der Waals surface area contributed by atoms with Gasteiger partial charge in [-0.15, -0.1) is 10.2 Å².